The fourth-order valence-electron chi connectivity index (χ4n) is 4.44. The second-order valence-corrected chi connectivity index (χ2v) is 10.0. The van der Waals surface area contributed by atoms with E-state index in [1.807, 2.05) is 24.3 Å². The van der Waals surface area contributed by atoms with Gasteiger partial charge in [-0.05, 0) is 73.5 Å². The fraction of sp³-hybridized carbons (Fsp3) is 0.250. The third-order valence-corrected chi connectivity index (χ3v) is 7.54. The van der Waals surface area contributed by atoms with Crippen LogP contribution in [0.4, 0.5) is 11.4 Å². The lowest BCUT2D eigenvalue weighted by Gasteiger charge is -2.13. The van der Waals surface area contributed by atoms with Gasteiger partial charge in [0.15, 0.2) is 0 Å². The summed E-state index contributed by atoms with van der Waals surface area (Å²) >= 11 is 1.20. The number of nitrogens with zero attached hydrogens (tertiary/aromatic N) is 1. The second-order valence-electron chi connectivity index (χ2n) is 8.93. The third kappa shape index (κ3) is 5.56. The van der Waals surface area contributed by atoms with Crippen molar-refractivity contribution in [3.63, 3.8) is 0 Å². The topological polar surface area (TPSA) is 101 Å². The molecule has 1 aromatic heterocycles. The van der Waals surface area contributed by atoms with E-state index in [4.69, 9.17) is 9.15 Å². The van der Waals surface area contributed by atoms with Crippen LogP contribution >= 0.6 is 11.8 Å². The van der Waals surface area contributed by atoms with E-state index in [1.54, 1.807) is 43.5 Å². The molecule has 0 saturated heterocycles. The first kappa shape index (κ1) is 24.7. The van der Waals surface area contributed by atoms with Crippen LogP contribution in [-0.2, 0) is 20.9 Å². The van der Waals surface area contributed by atoms with Gasteiger partial charge in [-0.2, -0.15) is 0 Å². The highest BCUT2D eigenvalue weighted by atomic mass is 32.2. The van der Waals surface area contributed by atoms with E-state index >= 15 is 0 Å². The van der Waals surface area contributed by atoms with Crippen molar-refractivity contribution in [2.24, 2.45) is 5.92 Å². The summed E-state index contributed by atoms with van der Waals surface area (Å²) in [7, 11) is 1.58. The second kappa shape index (κ2) is 11.0. The van der Waals surface area contributed by atoms with Crippen molar-refractivity contribution in [1.29, 1.82) is 0 Å². The predicted octanol–water partition coefficient (Wildman–Crippen LogP) is 5.40. The van der Waals surface area contributed by atoms with Crippen molar-refractivity contribution in [2.75, 3.05) is 17.7 Å². The summed E-state index contributed by atoms with van der Waals surface area (Å²) < 4.78 is 10.6. The third-order valence-electron chi connectivity index (χ3n) is 6.45. The highest BCUT2D eigenvalue weighted by Gasteiger charge is 2.39. The molecule has 1 aliphatic heterocycles. The number of amides is 3. The molecule has 5 rings (SSSR count). The molecule has 0 bridgehead atoms. The number of imide groups is 1. The van der Waals surface area contributed by atoms with Crippen molar-refractivity contribution in [1.82, 2.24) is 4.90 Å². The maximum Gasteiger partial charge on any atom is 0.278 e. The summed E-state index contributed by atoms with van der Waals surface area (Å²) in [6, 6.07) is 17.8. The molecular formula is C28H27N3O5S. The van der Waals surface area contributed by atoms with E-state index in [2.05, 4.69) is 10.6 Å². The zero-order valence-corrected chi connectivity index (χ0v) is 21.2. The number of furan rings is 1. The van der Waals surface area contributed by atoms with Crippen LogP contribution < -0.4 is 15.4 Å². The van der Waals surface area contributed by atoms with Crippen LogP contribution in [0.2, 0.25) is 0 Å². The van der Waals surface area contributed by atoms with Gasteiger partial charge in [-0.1, -0.05) is 24.6 Å². The van der Waals surface area contributed by atoms with Crippen molar-refractivity contribution >= 4 is 40.9 Å². The number of thioether (sulfide) groups is 1. The predicted molar refractivity (Wildman–Crippen MR) is 141 cm³/mol. The molecule has 1 aliphatic carbocycles. The number of carbonyl (C=O) groups excluding carboxylic acids is 3. The minimum Gasteiger partial charge on any atom is -0.497 e. The van der Waals surface area contributed by atoms with E-state index in [0.29, 0.717) is 22.9 Å². The smallest absolute Gasteiger partial charge is 0.278 e. The minimum absolute atomic E-state index is 0.0364. The highest BCUT2D eigenvalue weighted by Crippen LogP contribution is 2.37. The average molecular weight is 518 g/mol. The summed E-state index contributed by atoms with van der Waals surface area (Å²) in [5.41, 5.74) is 1.56. The van der Waals surface area contributed by atoms with E-state index in [1.165, 1.54) is 22.9 Å². The Labute approximate surface area is 219 Å². The molecular weight excluding hydrogens is 490 g/mol. The molecule has 0 atom stereocenters. The fourth-order valence-corrected chi connectivity index (χ4v) is 5.38. The number of hydrogen-bond acceptors (Lipinski definition) is 7. The molecule has 8 nitrogen and oxygen atoms in total. The molecule has 2 aromatic carbocycles. The Kier molecular flexibility index (Phi) is 7.32. The summed E-state index contributed by atoms with van der Waals surface area (Å²) in [5, 5.41) is 6.11. The van der Waals surface area contributed by atoms with Crippen LogP contribution in [0.1, 0.15) is 31.4 Å². The summed E-state index contributed by atoms with van der Waals surface area (Å²) in [5.74, 6) is 0.493. The van der Waals surface area contributed by atoms with E-state index < -0.39 is 11.8 Å². The monoisotopic (exact) mass is 517 g/mol. The van der Waals surface area contributed by atoms with Gasteiger partial charge in [0.25, 0.3) is 11.8 Å². The Morgan fingerprint density at radius 3 is 2.35 bits per heavy atom. The molecule has 3 amide bonds. The first-order valence-electron chi connectivity index (χ1n) is 12.1. The lowest BCUT2D eigenvalue weighted by Crippen LogP contribution is -2.31. The van der Waals surface area contributed by atoms with Gasteiger partial charge in [-0.25, -0.2) is 0 Å². The lowest BCUT2D eigenvalue weighted by molar-refractivity contribution is -0.138. The van der Waals surface area contributed by atoms with Gasteiger partial charge < -0.3 is 19.8 Å². The Balaban J connectivity index is 1.36. The number of hydrogen-bond donors (Lipinski definition) is 2. The van der Waals surface area contributed by atoms with Crippen molar-refractivity contribution < 1.29 is 23.5 Å². The van der Waals surface area contributed by atoms with E-state index in [-0.39, 0.29) is 29.0 Å². The molecule has 0 unspecified atom stereocenters. The zero-order valence-electron chi connectivity index (χ0n) is 20.4. The number of anilines is 2. The van der Waals surface area contributed by atoms with Gasteiger partial charge in [0.1, 0.15) is 22.1 Å². The molecule has 0 spiro atoms. The summed E-state index contributed by atoms with van der Waals surface area (Å²) in [6.45, 7) is 0.0364. The molecule has 190 valence electrons. The van der Waals surface area contributed by atoms with Crippen LogP contribution in [-0.4, -0.2) is 29.7 Å². The SMILES string of the molecule is COc1ccc(NC2=C(Sc3ccc(NC(=O)C4CCCC4)cc3)C(=O)N(Cc3ccco3)C2=O)cc1. The Bertz CT molecular complexity index is 1310. The average Bonchev–Trinajstić information content (AvgIpc) is 3.68. The van der Waals surface area contributed by atoms with Crippen LogP contribution in [0.3, 0.4) is 0 Å². The molecule has 3 aromatic rings. The van der Waals surface area contributed by atoms with Gasteiger partial charge in [-0.15, -0.1) is 0 Å². The molecule has 9 heteroatoms. The molecule has 1 saturated carbocycles. The van der Waals surface area contributed by atoms with Gasteiger partial charge in [0.2, 0.25) is 5.91 Å². The molecule has 37 heavy (non-hydrogen) atoms. The van der Waals surface area contributed by atoms with Gasteiger partial charge in [-0.3, -0.25) is 19.3 Å². The van der Waals surface area contributed by atoms with Gasteiger partial charge in [0, 0.05) is 22.2 Å². The quantitative estimate of drug-likeness (QED) is 0.367. The van der Waals surface area contributed by atoms with E-state index in [9.17, 15) is 14.4 Å². The first-order chi connectivity index (χ1) is 18.0. The summed E-state index contributed by atoms with van der Waals surface area (Å²) in [4.78, 5) is 41.4. The van der Waals surface area contributed by atoms with Crippen LogP contribution in [0.15, 0.2) is 86.8 Å². The Hall–Kier alpha value is -3.98. The number of rotatable bonds is 9. The maximum absolute atomic E-state index is 13.4. The largest absolute Gasteiger partial charge is 0.497 e. The Morgan fingerprint density at radius 1 is 1.00 bits per heavy atom. The van der Waals surface area contributed by atoms with Crippen LogP contribution in [0.5, 0.6) is 5.75 Å². The van der Waals surface area contributed by atoms with Crippen LogP contribution in [0, 0.1) is 5.92 Å². The number of nitrogens with one attached hydrogen (secondary N) is 2. The molecule has 2 heterocycles. The minimum atomic E-state index is -0.430. The molecule has 2 N–H and O–H groups in total. The molecule has 1 fully saturated rings. The van der Waals surface area contributed by atoms with Gasteiger partial charge in [0.05, 0.1) is 19.9 Å². The van der Waals surface area contributed by atoms with Crippen molar-refractivity contribution in [3.05, 3.63) is 83.3 Å². The van der Waals surface area contributed by atoms with E-state index in [0.717, 1.165) is 30.6 Å². The summed E-state index contributed by atoms with van der Waals surface area (Å²) in [6.07, 6.45) is 5.57. The number of carbonyl (C=O) groups is 3. The maximum atomic E-state index is 13.4. The number of benzene rings is 2. The zero-order chi connectivity index (χ0) is 25.8. The van der Waals surface area contributed by atoms with Crippen molar-refractivity contribution in [3.8, 4) is 5.75 Å². The first-order valence-corrected chi connectivity index (χ1v) is 13.0. The van der Waals surface area contributed by atoms with Crippen LogP contribution in [0.25, 0.3) is 0 Å². The number of ether oxygens (including phenoxy) is 1. The van der Waals surface area contributed by atoms with Gasteiger partial charge >= 0.3 is 0 Å². The lowest BCUT2D eigenvalue weighted by atomic mass is 10.1. The Morgan fingerprint density at radius 2 is 1.70 bits per heavy atom. The van der Waals surface area contributed by atoms with Crippen molar-refractivity contribution in [2.45, 2.75) is 37.1 Å². The number of methoxy groups -OCH3 is 1. The molecule has 2 aliphatic rings. The normalized spacial score (nSPS) is 16.0. The standard InChI is InChI=1S/C28H27N3O5S/c1-35-21-12-8-19(9-13-21)29-24-25(28(34)31(27(24)33)17-22-7-4-16-36-22)37-23-14-10-20(11-15-23)30-26(32)18-5-2-3-6-18/h4,7-16,18,29H,2-3,5-6,17H2,1H3,(H,30,32). The highest BCUT2D eigenvalue weighted by molar-refractivity contribution is 8.04. The molecule has 0 radical (unpaired) electrons.